The molecule has 0 aliphatic rings. The number of methoxy groups -OCH3 is 1. The van der Waals surface area contributed by atoms with Crippen molar-refractivity contribution in [1.29, 1.82) is 0 Å². The molecule has 8 nitrogen and oxygen atoms in total. The molecular formula is C10H14N2O6S2. The smallest absolute Gasteiger partial charge is 0.321 e. The van der Waals surface area contributed by atoms with Crippen LogP contribution in [0.25, 0.3) is 0 Å². The molecule has 0 saturated carbocycles. The van der Waals surface area contributed by atoms with E-state index in [4.69, 9.17) is 5.11 Å². The van der Waals surface area contributed by atoms with Gasteiger partial charge < -0.3 is 9.84 Å². The number of hydrogen-bond acceptors (Lipinski definition) is 7. The van der Waals surface area contributed by atoms with Gasteiger partial charge in [0.15, 0.2) is 4.21 Å². The normalized spacial score (nSPS) is 12.9. The number of rotatable bonds is 7. The van der Waals surface area contributed by atoms with Crippen LogP contribution in [0.1, 0.15) is 17.8 Å². The Labute approximate surface area is 119 Å². The lowest BCUT2D eigenvalue weighted by Crippen LogP contribution is -2.40. The molecule has 0 aliphatic carbocycles. The third-order valence-corrected chi connectivity index (χ3v) is 5.17. The molecule has 0 fully saturated rings. The fourth-order valence-electron chi connectivity index (χ4n) is 1.31. The van der Waals surface area contributed by atoms with E-state index in [9.17, 15) is 18.0 Å². The van der Waals surface area contributed by atoms with Crippen LogP contribution in [-0.2, 0) is 24.3 Å². The van der Waals surface area contributed by atoms with Crippen LogP contribution in [-0.4, -0.2) is 43.6 Å². The molecule has 112 valence electrons. The van der Waals surface area contributed by atoms with Crippen molar-refractivity contribution < 1.29 is 27.9 Å². The van der Waals surface area contributed by atoms with Gasteiger partial charge in [-0.05, 0) is 13.3 Å². The maximum absolute atomic E-state index is 12.0. The molecule has 1 aromatic heterocycles. The molecule has 0 unspecified atom stereocenters. The van der Waals surface area contributed by atoms with E-state index in [0.717, 1.165) is 17.5 Å². The Morgan fingerprint density at radius 2 is 2.20 bits per heavy atom. The van der Waals surface area contributed by atoms with Crippen LogP contribution in [0.3, 0.4) is 0 Å². The lowest BCUT2D eigenvalue weighted by Gasteiger charge is -2.13. The summed E-state index contributed by atoms with van der Waals surface area (Å²) in [6.45, 7) is 1.63. The number of carboxylic acid groups (broad SMARTS) is 1. The summed E-state index contributed by atoms with van der Waals surface area (Å²) in [5, 5.41) is 9.53. The quantitative estimate of drug-likeness (QED) is 0.684. The number of nitrogens with zero attached hydrogens (tertiary/aromatic N) is 1. The Morgan fingerprint density at radius 1 is 1.55 bits per heavy atom. The van der Waals surface area contributed by atoms with Crippen molar-refractivity contribution >= 4 is 33.3 Å². The fraction of sp³-hybridized carbons (Fsp3) is 0.500. The molecule has 0 aliphatic heterocycles. The molecule has 0 spiro atoms. The molecule has 20 heavy (non-hydrogen) atoms. The van der Waals surface area contributed by atoms with Gasteiger partial charge in [-0.3, -0.25) is 9.59 Å². The lowest BCUT2D eigenvalue weighted by molar-refractivity contribution is -0.142. The lowest BCUT2D eigenvalue weighted by atomic mass is 10.2. The van der Waals surface area contributed by atoms with Crippen molar-refractivity contribution in [2.75, 3.05) is 7.11 Å². The van der Waals surface area contributed by atoms with Gasteiger partial charge in [0.05, 0.1) is 18.3 Å². The monoisotopic (exact) mass is 322 g/mol. The molecule has 0 radical (unpaired) electrons. The summed E-state index contributed by atoms with van der Waals surface area (Å²) in [7, 11) is -2.80. The zero-order chi connectivity index (χ0) is 15.3. The van der Waals surface area contributed by atoms with Crippen molar-refractivity contribution in [3.63, 3.8) is 0 Å². The van der Waals surface area contributed by atoms with Crippen molar-refractivity contribution in [3.8, 4) is 0 Å². The number of thiazole rings is 1. The van der Waals surface area contributed by atoms with Gasteiger partial charge in [0.25, 0.3) is 10.0 Å². The first-order valence-corrected chi connectivity index (χ1v) is 7.80. The summed E-state index contributed by atoms with van der Waals surface area (Å²) in [5.41, 5.74) is 0. The van der Waals surface area contributed by atoms with Gasteiger partial charge in [0, 0.05) is 6.42 Å². The summed E-state index contributed by atoms with van der Waals surface area (Å²) < 4.78 is 30.3. The predicted octanol–water partition coefficient (Wildman–Crippen LogP) is 0.136. The highest BCUT2D eigenvalue weighted by molar-refractivity contribution is 7.91. The SMILES string of the molecule is COC(=O)CC[C@H](NS(=O)(=O)c1cnc(C)s1)C(=O)O. The standard InChI is InChI=1S/C10H14N2O6S2/c1-6-11-5-9(19-6)20(16,17)12-7(10(14)15)3-4-8(13)18-2/h5,7,12H,3-4H2,1-2H3,(H,14,15)/t7-/m0/s1. The van der Waals surface area contributed by atoms with Gasteiger partial charge in [0.2, 0.25) is 0 Å². The highest BCUT2D eigenvalue weighted by Crippen LogP contribution is 2.18. The van der Waals surface area contributed by atoms with Crippen LogP contribution >= 0.6 is 11.3 Å². The second-order valence-corrected chi connectivity index (χ2v) is 7.00. The predicted molar refractivity (Wildman–Crippen MR) is 69.8 cm³/mol. The van der Waals surface area contributed by atoms with E-state index < -0.39 is 28.0 Å². The minimum Gasteiger partial charge on any atom is -0.480 e. The topological polar surface area (TPSA) is 123 Å². The minimum atomic E-state index is -3.97. The van der Waals surface area contributed by atoms with E-state index >= 15 is 0 Å². The number of nitrogens with one attached hydrogen (secondary N) is 1. The summed E-state index contributed by atoms with van der Waals surface area (Å²) in [6, 6.07) is -1.40. The van der Waals surface area contributed by atoms with Crippen molar-refractivity contribution in [2.45, 2.75) is 30.0 Å². The third-order valence-electron chi connectivity index (χ3n) is 2.33. The number of carbonyl (C=O) groups is 2. The number of aromatic nitrogens is 1. The number of esters is 1. The Hall–Kier alpha value is -1.52. The van der Waals surface area contributed by atoms with Crippen LogP contribution in [0.5, 0.6) is 0 Å². The van der Waals surface area contributed by atoms with E-state index in [-0.39, 0.29) is 17.1 Å². The highest BCUT2D eigenvalue weighted by atomic mass is 32.2. The second-order valence-electron chi connectivity index (χ2n) is 3.83. The summed E-state index contributed by atoms with van der Waals surface area (Å²) >= 11 is 0.931. The maximum Gasteiger partial charge on any atom is 0.321 e. The van der Waals surface area contributed by atoms with Gasteiger partial charge in [-0.2, -0.15) is 4.72 Å². The molecule has 2 N–H and O–H groups in total. The number of carboxylic acids is 1. The van der Waals surface area contributed by atoms with Crippen LogP contribution in [0.15, 0.2) is 10.4 Å². The van der Waals surface area contributed by atoms with E-state index in [0.29, 0.717) is 5.01 Å². The summed E-state index contributed by atoms with van der Waals surface area (Å²) in [5.74, 6) is -1.97. The first kappa shape index (κ1) is 16.5. The number of hydrogen-bond donors (Lipinski definition) is 2. The molecule has 0 saturated heterocycles. The Kier molecular flexibility index (Phi) is 5.60. The molecule has 1 atom stereocenters. The van der Waals surface area contributed by atoms with Crippen LogP contribution in [0, 0.1) is 6.92 Å². The number of ether oxygens (including phenoxy) is 1. The minimum absolute atomic E-state index is 0.0701. The molecule has 10 heteroatoms. The average molecular weight is 322 g/mol. The second kappa shape index (κ2) is 6.77. The fourth-order valence-corrected chi connectivity index (χ4v) is 3.66. The largest absolute Gasteiger partial charge is 0.480 e. The summed E-state index contributed by atoms with van der Waals surface area (Å²) in [6.07, 6.45) is 0.762. The molecule has 1 rings (SSSR count). The highest BCUT2D eigenvalue weighted by Gasteiger charge is 2.27. The Morgan fingerprint density at radius 3 is 2.65 bits per heavy atom. The number of aliphatic carboxylic acids is 1. The molecule has 0 amide bonds. The van der Waals surface area contributed by atoms with Crippen molar-refractivity contribution in [3.05, 3.63) is 11.2 Å². The third kappa shape index (κ3) is 4.54. The van der Waals surface area contributed by atoms with Gasteiger partial charge in [-0.25, -0.2) is 13.4 Å². The zero-order valence-electron chi connectivity index (χ0n) is 10.8. The number of aryl methyl sites for hydroxylation is 1. The first-order valence-electron chi connectivity index (χ1n) is 5.50. The van der Waals surface area contributed by atoms with Crippen LogP contribution < -0.4 is 4.72 Å². The van der Waals surface area contributed by atoms with Crippen molar-refractivity contribution in [1.82, 2.24) is 9.71 Å². The van der Waals surface area contributed by atoms with Gasteiger partial charge in [0.1, 0.15) is 6.04 Å². The Balaban J connectivity index is 2.80. The number of carbonyl (C=O) groups excluding carboxylic acids is 1. The summed E-state index contributed by atoms with van der Waals surface area (Å²) in [4.78, 5) is 25.8. The van der Waals surface area contributed by atoms with Crippen molar-refractivity contribution in [2.24, 2.45) is 0 Å². The molecule has 0 bridgehead atoms. The molecule has 1 heterocycles. The van der Waals surface area contributed by atoms with Crippen LogP contribution in [0.4, 0.5) is 0 Å². The van der Waals surface area contributed by atoms with Gasteiger partial charge in [-0.1, -0.05) is 0 Å². The zero-order valence-corrected chi connectivity index (χ0v) is 12.5. The average Bonchev–Trinajstić information content (AvgIpc) is 2.81. The van der Waals surface area contributed by atoms with E-state index in [1.54, 1.807) is 6.92 Å². The Bertz CT molecular complexity index is 595. The van der Waals surface area contributed by atoms with E-state index in [2.05, 4.69) is 9.72 Å². The number of sulfonamides is 1. The van der Waals surface area contributed by atoms with Gasteiger partial charge >= 0.3 is 11.9 Å². The van der Waals surface area contributed by atoms with E-state index in [1.807, 2.05) is 4.72 Å². The van der Waals surface area contributed by atoms with Crippen LogP contribution in [0.2, 0.25) is 0 Å². The van der Waals surface area contributed by atoms with Gasteiger partial charge in [-0.15, -0.1) is 11.3 Å². The maximum atomic E-state index is 12.0. The first-order chi connectivity index (χ1) is 9.26. The molecule has 1 aromatic rings. The molecule has 0 aromatic carbocycles. The molecular weight excluding hydrogens is 308 g/mol. The van der Waals surface area contributed by atoms with E-state index in [1.165, 1.54) is 7.11 Å².